The van der Waals surface area contributed by atoms with Crippen molar-refractivity contribution in [3.63, 3.8) is 0 Å². The summed E-state index contributed by atoms with van der Waals surface area (Å²) in [7, 11) is 1.48. The molecule has 0 aromatic heterocycles. The maximum absolute atomic E-state index is 9.67. The average molecular weight is 320 g/mol. The molecule has 0 saturated heterocycles. The Kier molecular flexibility index (Phi) is 5.40. The van der Waals surface area contributed by atoms with Crippen molar-refractivity contribution >= 4 is 15.9 Å². The minimum absolute atomic E-state index is 0.0494. The number of halogens is 1. The lowest BCUT2D eigenvalue weighted by molar-refractivity contribution is 0.103. The van der Waals surface area contributed by atoms with Crippen LogP contribution in [-0.2, 0) is 6.54 Å². The van der Waals surface area contributed by atoms with Crippen LogP contribution >= 0.6 is 15.9 Å². The number of rotatable bonds is 6. The van der Waals surface area contributed by atoms with Crippen molar-refractivity contribution in [1.82, 2.24) is 5.32 Å². The molecule has 0 bridgehead atoms. The van der Waals surface area contributed by atoms with Gasteiger partial charge in [0, 0.05) is 6.54 Å². The van der Waals surface area contributed by atoms with Crippen molar-refractivity contribution in [2.24, 2.45) is 0 Å². The standard InChI is InChI=1S/C12H18BrNO4/c1-12(6-15,7-16)14-5-8-3-9(13)11(17)10(4-8)18-2/h3-4,14-17H,5-7H2,1-2H3. The van der Waals surface area contributed by atoms with Gasteiger partial charge in [-0.25, -0.2) is 0 Å². The van der Waals surface area contributed by atoms with Crippen molar-refractivity contribution in [3.05, 3.63) is 22.2 Å². The first-order valence-corrected chi connectivity index (χ1v) is 6.27. The Morgan fingerprint density at radius 2 is 1.94 bits per heavy atom. The van der Waals surface area contributed by atoms with E-state index in [1.165, 1.54) is 7.11 Å². The molecule has 1 aromatic carbocycles. The zero-order chi connectivity index (χ0) is 13.8. The highest BCUT2D eigenvalue weighted by Gasteiger charge is 2.21. The summed E-state index contributed by atoms with van der Waals surface area (Å²) < 4.78 is 5.58. The van der Waals surface area contributed by atoms with E-state index in [0.717, 1.165) is 5.56 Å². The summed E-state index contributed by atoms with van der Waals surface area (Å²) in [6.07, 6.45) is 0. The molecule has 0 amide bonds. The number of aliphatic hydroxyl groups is 2. The van der Waals surface area contributed by atoms with E-state index < -0.39 is 5.54 Å². The summed E-state index contributed by atoms with van der Waals surface area (Å²) in [4.78, 5) is 0. The van der Waals surface area contributed by atoms with Gasteiger partial charge in [-0.1, -0.05) is 0 Å². The Hall–Kier alpha value is -0.820. The molecule has 0 fully saturated rings. The van der Waals surface area contributed by atoms with E-state index in [9.17, 15) is 5.11 Å². The molecular weight excluding hydrogens is 302 g/mol. The molecule has 18 heavy (non-hydrogen) atoms. The molecule has 102 valence electrons. The molecule has 0 aliphatic carbocycles. The summed E-state index contributed by atoms with van der Waals surface area (Å²) >= 11 is 3.24. The number of hydrogen-bond acceptors (Lipinski definition) is 5. The van der Waals surface area contributed by atoms with Gasteiger partial charge in [-0.2, -0.15) is 0 Å². The highest BCUT2D eigenvalue weighted by atomic mass is 79.9. The Morgan fingerprint density at radius 1 is 1.33 bits per heavy atom. The zero-order valence-electron chi connectivity index (χ0n) is 10.4. The number of phenols is 1. The van der Waals surface area contributed by atoms with Crippen LogP contribution in [0.25, 0.3) is 0 Å². The van der Waals surface area contributed by atoms with Crippen LogP contribution in [0.1, 0.15) is 12.5 Å². The van der Waals surface area contributed by atoms with Crippen molar-refractivity contribution in [1.29, 1.82) is 0 Å². The van der Waals surface area contributed by atoms with E-state index in [4.69, 9.17) is 14.9 Å². The molecule has 0 radical (unpaired) electrons. The van der Waals surface area contributed by atoms with Crippen LogP contribution < -0.4 is 10.1 Å². The second-order valence-electron chi connectivity index (χ2n) is 4.36. The van der Waals surface area contributed by atoms with Crippen LogP contribution in [0.4, 0.5) is 0 Å². The van der Waals surface area contributed by atoms with Gasteiger partial charge < -0.3 is 25.4 Å². The molecule has 4 N–H and O–H groups in total. The monoisotopic (exact) mass is 319 g/mol. The first-order valence-electron chi connectivity index (χ1n) is 5.48. The third-order valence-electron chi connectivity index (χ3n) is 2.73. The molecule has 1 aromatic rings. The summed E-state index contributed by atoms with van der Waals surface area (Å²) in [6, 6.07) is 3.45. The summed E-state index contributed by atoms with van der Waals surface area (Å²) in [5, 5.41) is 31.1. The molecule has 0 saturated carbocycles. The molecule has 0 atom stereocenters. The zero-order valence-corrected chi connectivity index (χ0v) is 12.0. The summed E-state index contributed by atoms with van der Waals surface area (Å²) in [6.45, 7) is 1.83. The fourth-order valence-corrected chi connectivity index (χ4v) is 1.85. The van der Waals surface area contributed by atoms with Gasteiger partial charge in [-0.15, -0.1) is 0 Å². The molecule has 5 nitrogen and oxygen atoms in total. The maximum Gasteiger partial charge on any atom is 0.172 e. The van der Waals surface area contributed by atoms with E-state index >= 15 is 0 Å². The van der Waals surface area contributed by atoms with Gasteiger partial charge in [0.1, 0.15) is 0 Å². The van der Waals surface area contributed by atoms with Crippen molar-refractivity contribution in [3.8, 4) is 11.5 Å². The first kappa shape index (κ1) is 15.2. The Morgan fingerprint density at radius 3 is 2.44 bits per heavy atom. The van der Waals surface area contributed by atoms with Gasteiger partial charge in [0.15, 0.2) is 11.5 Å². The first-order chi connectivity index (χ1) is 8.45. The van der Waals surface area contributed by atoms with Crippen LogP contribution in [0.5, 0.6) is 11.5 Å². The lowest BCUT2D eigenvalue weighted by Crippen LogP contribution is -2.48. The van der Waals surface area contributed by atoms with E-state index in [2.05, 4.69) is 21.2 Å². The molecule has 1 rings (SSSR count). The fourth-order valence-electron chi connectivity index (χ4n) is 1.36. The Labute approximate surface area is 115 Å². The third-order valence-corrected chi connectivity index (χ3v) is 3.33. The number of hydrogen-bond donors (Lipinski definition) is 4. The van der Waals surface area contributed by atoms with Crippen molar-refractivity contribution in [2.45, 2.75) is 19.0 Å². The molecule has 0 aliphatic rings. The summed E-state index contributed by atoms with van der Waals surface area (Å²) in [5.41, 5.74) is 0.127. The number of methoxy groups -OCH3 is 1. The SMILES string of the molecule is COc1cc(CNC(C)(CO)CO)cc(Br)c1O. The fraction of sp³-hybridized carbons (Fsp3) is 0.500. The van der Waals surface area contributed by atoms with Gasteiger partial charge in [-0.3, -0.25) is 0 Å². The van der Waals surface area contributed by atoms with Gasteiger partial charge in [0.05, 0.1) is 30.3 Å². The molecule has 0 aliphatic heterocycles. The average Bonchev–Trinajstić information content (AvgIpc) is 2.39. The molecule has 0 heterocycles. The minimum atomic E-state index is -0.738. The molecular formula is C12H18BrNO4. The van der Waals surface area contributed by atoms with E-state index in [0.29, 0.717) is 16.8 Å². The Balaban J connectivity index is 2.83. The second-order valence-corrected chi connectivity index (χ2v) is 5.21. The number of benzene rings is 1. The number of aromatic hydroxyl groups is 1. The molecule has 0 spiro atoms. The van der Waals surface area contributed by atoms with Crippen molar-refractivity contribution < 1.29 is 20.1 Å². The Bertz CT molecular complexity index is 407. The van der Waals surface area contributed by atoms with Crippen LogP contribution in [-0.4, -0.2) is 41.2 Å². The lowest BCUT2D eigenvalue weighted by atomic mass is 10.0. The smallest absolute Gasteiger partial charge is 0.172 e. The van der Waals surface area contributed by atoms with Gasteiger partial charge in [0.2, 0.25) is 0 Å². The highest BCUT2D eigenvalue weighted by Crippen LogP contribution is 2.35. The minimum Gasteiger partial charge on any atom is -0.503 e. The number of ether oxygens (including phenoxy) is 1. The van der Waals surface area contributed by atoms with Gasteiger partial charge in [-0.05, 0) is 40.5 Å². The highest BCUT2D eigenvalue weighted by molar-refractivity contribution is 9.10. The number of phenolic OH excluding ortho intramolecular Hbond substituents is 1. The second kappa shape index (κ2) is 6.38. The summed E-state index contributed by atoms with van der Waals surface area (Å²) in [5.74, 6) is 0.421. The quantitative estimate of drug-likeness (QED) is 0.629. The topological polar surface area (TPSA) is 82.0 Å². The molecule has 0 unspecified atom stereocenters. The number of nitrogens with one attached hydrogen (secondary N) is 1. The lowest BCUT2D eigenvalue weighted by Gasteiger charge is -2.26. The number of aliphatic hydroxyl groups excluding tert-OH is 2. The third kappa shape index (κ3) is 3.58. The van der Waals surface area contributed by atoms with Crippen molar-refractivity contribution in [2.75, 3.05) is 20.3 Å². The van der Waals surface area contributed by atoms with Crippen LogP contribution in [0.2, 0.25) is 0 Å². The van der Waals surface area contributed by atoms with Crippen LogP contribution in [0.15, 0.2) is 16.6 Å². The van der Waals surface area contributed by atoms with Crippen LogP contribution in [0.3, 0.4) is 0 Å². The van der Waals surface area contributed by atoms with Gasteiger partial charge in [0.25, 0.3) is 0 Å². The predicted molar refractivity (Wildman–Crippen MR) is 71.8 cm³/mol. The normalized spacial score (nSPS) is 11.6. The van der Waals surface area contributed by atoms with Gasteiger partial charge >= 0.3 is 0 Å². The predicted octanol–water partition coefficient (Wildman–Crippen LogP) is 0.996. The largest absolute Gasteiger partial charge is 0.503 e. The molecule has 6 heteroatoms. The maximum atomic E-state index is 9.67. The van der Waals surface area contributed by atoms with Crippen LogP contribution in [0, 0.1) is 0 Å². The van der Waals surface area contributed by atoms with E-state index in [-0.39, 0.29) is 19.0 Å². The van der Waals surface area contributed by atoms with E-state index in [1.54, 1.807) is 19.1 Å². The van der Waals surface area contributed by atoms with E-state index in [1.807, 2.05) is 0 Å².